The fraction of sp³-hybridized carbons (Fsp3) is 0.423. The van der Waals surface area contributed by atoms with Crippen LogP contribution in [0, 0.1) is 11.8 Å². The fourth-order valence-electron chi connectivity index (χ4n) is 4.95. The molecule has 7 nitrogen and oxygen atoms in total. The van der Waals surface area contributed by atoms with Gasteiger partial charge in [0.15, 0.2) is 0 Å². The Hall–Kier alpha value is -3.35. The lowest BCUT2D eigenvalue weighted by Gasteiger charge is -2.35. The molecule has 1 unspecified atom stereocenters. The molecule has 172 valence electrons. The van der Waals surface area contributed by atoms with Crippen LogP contribution in [-0.2, 0) is 14.3 Å². The number of carbonyl (C=O) groups is 3. The molecule has 0 spiro atoms. The number of hydrogen-bond donors (Lipinski definition) is 3. The first kappa shape index (κ1) is 21.5. The number of aliphatic carboxylic acids is 1. The highest BCUT2D eigenvalue weighted by Gasteiger charge is 2.38. The molecule has 3 N–H and O–H groups in total. The molecule has 0 saturated heterocycles. The maximum atomic E-state index is 12.4. The summed E-state index contributed by atoms with van der Waals surface area (Å²) >= 11 is 0. The smallest absolute Gasteiger partial charge is 0.407 e. The van der Waals surface area contributed by atoms with Crippen molar-refractivity contribution in [2.24, 2.45) is 11.8 Å². The second-order valence-electron chi connectivity index (χ2n) is 9.41. The zero-order valence-electron chi connectivity index (χ0n) is 18.3. The number of hydrogen-bond acceptors (Lipinski definition) is 4. The minimum absolute atomic E-state index is 0.00230. The Morgan fingerprint density at radius 3 is 2.15 bits per heavy atom. The summed E-state index contributed by atoms with van der Waals surface area (Å²) < 4.78 is 5.56. The summed E-state index contributed by atoms with van der Waals surface area (Å²) in [5, 5.41) is 14.8. The average Bonchev–Trinajstić information content (AvgIpc) is 3.54. The number of nitrogens with one attached hydrogen (secondary N) is 2. The molecule has 3 aliphatic rings. The molecular weight excluding hydrogens is 420 g/mol. The maximum Gasteiger partial charge on any atom is 0.407 e. The van der Waals surface area contributed by atoms with Crippen LogP contribution in [0.15, 0.2) is 48.5 Å². The second-order valence-corrected chi connectivity index (χ2v) is 9.41. The molecule has 1 atom stereocenters. The molecule has 7 heteroatoms. The minimum Gasteiger partial charge on any atom is -0.480 e. The number of fused-ring (bicyclic) bond motifs is 3. The lowest BCUT2D eigenvalue weighted by molar-refractivity contribution is -0.143. The van der Waals surface area contributed by atoms with E-state index in [1.807, 2.05) is 24.3 Å². The van der Waals surface area contributed by atoms with E-state index in [4.69, 9.17) is 4.74 Å². The van der Waals surface area contributed by atoms with Gasteiger partial charge in [-0.1, -0.05) is 61.4 Å². The van der Waals surface area contributed by atoms with E-state index in [0.29, 0.717) is 25.2 Å². The molecule has 0 aliphatic heterocycles. The van der Waals surface area contributed by atoms with Crippen LogP contribution in [0.3, 0.4) is 0 Å². The number of carboxylic acid groups (broad SMARTS) is 1. The van der Waals surface area contributed by atoms with E-state index < -0.39 is 18.1 Å². The molecule has 0 bridgehead atoms. The van der Waals surface area contributed by atoms with Crippen LogP contribution in [0.25, 0.3) is 11.1 Å². The minimum atomic E-state index is -0.983. The summed E-state index contributed by atoms with van der Waals surface area (Å²) in [6.07, 6.45) is 3.06. The number of rotatable bonds is 8. The number of ether oxygens (including phenoxy) is 1. The normalized spacial score (nSPS) is 21.8. The first-order valence-corrected chi connectivity index (χ1v) is 11.6. The van der Waals surface area contributed by atoms with Crippen molar-refractivity contribution in [3.8, 4) is 11.1 Å². The summed E-state index contributed by atoms with van der Waals surface area (Å²) in [6.45, 7) is 0.248. The van der Waals surface area contributed by atoms with E-state index in [0.717, 1.165) is 24.0 Å². The van der Waals surface area contributed by atoms with Gasteiger partial charge in [-0.3, -0.25) is 4.79 Å². The monoisotopic (exact) mass is 448 g/mol. The van der Waals surface area contributed by atoms with Gasteiger partial charge in [0.25, 0.3) is 0 Å². The van der Waals surface area contributed by atoms with Gasteiger partial charge in [-0.2, -0.15) is 0 Å². The van der Waals surface area contributed by atoms with Gasteiger partial charge in [-0.25, -0.2) is 9.59 Å². The lowest BCUT2D eigenvalue weighted by atomic mass is 9.79. The highest BCUT2D eigenvalue weighted by Crippen LogP contribution is 2.44. The van der Waals surface area contributed by atoms with Gasteiger partial charge >= 0.3 is 12.1 Å². The van der Waals surface area contributed by atoms with Crippen LogP contribution in [0.5, 0.6) is 0 Å². The molecule has 2 aromatic carbocycles. The maximum absolute atomic E-state index is 12.4. The number of benzene rings is 2. The van der Waals surface area contributed by atoms with E-state index in [-0.39, 0.29) is 30.4 Å². The molecule has 3 aliphatic carbocycles. The van der Waals surface area contributed by atoms with Gasteiger partial charge in [-0.05, 0) is 47.4 Å². The number of carboxylic acids is 1. The fourth-order valence-corrected chi connectivity index (χ4v) is 4.95. The summed E-state index contributed by atoms with van der Waals surface area (Å²) in [5.41, 5.74) is 4.67. The second kappa shape index (κ2) is 8.89. The molecule has 0 radical (unpaired) electrons. The summed E-state index contributed by atoms with van der Waals surface area (Å²) in [6, 6.07) is 15.4. The van der Waals surface area contributed by atoms with Crippen LogP contribution >= 0.6 is 0 Å². The zero-order chi connectivity index (χ0) is 22.9. The topological polar surface area (TPSA) is 105 Å². The first-order chi connectivity index (χ1) is 16.0. The molecular formula is C26H28N2O5. The van der Waals surface area contributed by atoms with Crippen molar-refractivity contribution in [2.45, 2.75) is 50.1 Å². The molecule has 5 rings (SSSR count). The Morgan fingerprint density at radius 1 is 0.970 bits per heavy atom. The molecule has 2 amide bonds. The van der Waals surface area contributed by atoms with Crippen LogP contribution < -0.4 is 10.6 Å². The van der Waals surface area contributed by atoms with E-state index in [9.17, 15) is 19.5 Å². The SMILES string of the molecule is O=C(NC1CC(C(=O)NC(CC2CC2)C(=O)O)C1)OCC1c2ccccc2-c2ccccc21. The first-order valence-electron chi connectivity index (χ1n) is 11.6. The van der Waals surface area contributed by atoms with Gasteiger partial charge in [0.2, 0.25) is 5.91 Å². The standard InChI is InChI=1S/C26H28N2O5/c29-24(28-23(25(30)31)11-15-9-10-15)16-12-17(13-16)27-26(32)33-14-22-20-7-3-1-5-18(20)19-6-2-4-8-21(19)22/h1-8,15-17,22-23H,9-14H2,(H,27,32)(H,28,29)(H,30,31). The Labute approximate surface area is 192 Å². The van der Waals surface area contributed by atoms with E-state index in [1.54, 1.807) is 0 Å². The Bertz CT molecular complexity index is 1030. The largest absolute Gasteiger partial charge is 0.480 e. The third kappa shape index (κ3) is 4.58. The van der Waals surface area contributed by atoms with E-state index in [2.05, 4.69) is 34.9 Å². The van der Waals surface area contributed by atoms with Gasteiger partial charge in [0, 0.05) is 17.9 Å². The predicted molar refractivity (Wildman–Crippen MR) is 122 cm³/mol. The summed E-state index contributed by atoms with van der Waals surface area (Å²) in [4.78, 5) is 36.2. The van der Waals surface area contributed by atoms with Gasteiger partial charge in [0.05, 0.1) is 0 Å². The van der Waals surface area contributed by atoms with E-state index in [1.165, 1.54) is 11.1 Å². The summed E-state index contributed by atoms with van der Waals surface area (Å²) in [7, 11) is 0. The van der Waals surface area contributed by atoms with Crippen molar-refractivity contribution in [3.63, 3.8) is 0 Å². The molecule has 0 aromatic heterocycles. The Balaban J connectivity index is 1.09. The third-order valence-electron chi connectivity index (χ3n) is 7.06. The quantitative estimate of drug-likeness (QED) is 0.572. The molecule has 2 saturated carbocycles. The number of alkyl carbamates (subject to hydrolysis) is 1. The van der Waals surface area contributed by atoms with E-state index >= 15 is 0 Å². The Morgan fingerprint density at radius 2 is 1.58 bits per heavy atom. The van der Waals surface area contributed by atoms with Crippen LogP contribution in [0.2, 0.25) is 0 Å². The lowest BCUT2D eigenvalue weighted by Crippen LogP contribution is -2.52. The highest BCUT2D eigenvalue weighted by molar-refractivity contribution is 5.86. The highest BCUT2D eigenvalue weighted by atomic mass is 16.5. The van der Waals surface area contributed by atoms with Crippen molar-refractivity contribution in [1.29, 1.82) is 0 Å². The van der Waals surface area contributed by atoms with Crippen LogP contribution in [0.4, 0.5) is 4.79 Å². The Kier molecular flexibility index (Phi) is 5.79. The van der Waals surface area contributed by atoms with Gasteiger partial charge in [-0.15, -0.1) is 0 Å². The molecule has 0 heterocycles. The summed E-state index contributed by atoms with van der Waals surface area (Å²) in [5.74, 6) is -1.08. The van der Waals surface area contributed by atoms with Gasteiger partial charge in [0.1, 0.15) is 12.6 Å². The van der Waals surface area contributed by atoms with Gasteiger partial charge < -0.3 is 20.5 Å². The van der Waals surface area contributed by atoms with Crippen molar-refractivity contribution in [1.82, 2.24) is 10.6 Å². The molecule has 33 heavy (non-hydrogen) atoms. The number of amides is 2. The average molecular weight is 449 g/mol. The van der Waals surface area contributed by atoms with Crippen LogP contribution in [-0.4, -0.2) is 41.8 Å². The molecule has 2 aromatic rings. The van der Waals surface area contributed by atoms with Crippen molar-refractivity contribution >= 4 is 18.0 Å². The zero-order valence-corrected chi connectivity index (χ0v) is 18.3. The van der Waals surface area contributed by atoms with Crippen LogP contribution in [0.1, 0.15) is 49.1 Å². The van der Waals surface area contributed by atoms with Crippen molar-refractivity contribution in [3.05, 3.63) is 59.7 Å². The third-order valence-corrected chi connectivity index (χ3v) is 7.06. The van der Waals surface area contributed by atoms with Crippen molar-refractivity contribution in [2.75, 3.05) is 6.61 Å². The van der Waals surface area contributed by atoms with Crippen molar-refractivity contribution < 1.29 is 24.2 Å². The predicted octanol–water partition coefficient (Wildman–Crippen LogP) is 3.67. The molecule has 2 fully saturated rings. The number of carbonyl (C=O) groups excluding carboxylic acids is 2.